The maximum Gasteiger partial charge on any atom is 0.337 e. The van der Waals surface area contributed by atoms with Crippen LogP contribution in [0.1, 0.15) is 36.9 Å². The van der Waals surface area contributed by atoms with Crippen molar-refractivity contribution >= 4 is 33.2 Å². The Morgan fingerprint density at radius 3 is 2.72 bits per heavy atom. The Balaban J connectivity index is 1.71. The Labute approximate surface area is 149 Å². The van der Waals surface area contributed by atoms with Gasteiger partial charge in [-0.3, -0.25) is 10.2 Å². The third-order valence-corrected chi connectivity index (χ3v) is 6.32. The van der Waals surface area contributed by atoms with Crippen LogP contribution in [-0.4, -0.2) is 27.4 Å². The van der Waals surface area contributed by atoms with E-state index >= 15 is 0 Å². The van der Waals surface area contributed by atoms with Crippen LogP contribution in [0.15, 0.2) is 35.2 Å². The molecule has 2 N–H and O–H groups in total. The van der Waals surface area contributed by atoms with Gasteiger partial charge in [-0.25, -0.2) is 13.2 Å². The van der Waals surface area contributed by atoms with Crippen LogP contribution in [0.2, 0.25) is 0 Å². The highest BCUT2D eigenvalue weighted by atomic mass is 32.2. The number of methoxy groups -OCH3 is 1. The molecule has 0 fully saturated rings. The number of ether oxygens (including phenoxy) is 1. The van der Waals surface area contributed by atoms with Gasteiger partial charge in [0, 0.05) is 4.88 Å². The number of aryl methyl sites for hydroxylation is 2. The van der Waals surface area contributed by atoms with Gasteiger partial charge in [0.2, 0.25) is 0 Å². The van der Waals surface area contributed by atoms with Gasteiger partial charge in [-0.05, 0) is 49.1 Å². The van der Waals surface area contributed by atoms with E-state index in [2.05, 4.69) is 10.2 Å². The fraction of sp³-hybridized carbons (Fsp3) is 0.250. The van der Waals surface area contributed by atoms with E-state index in [9.17, 15) is 18.0 Å². The van der Waals surface area contributed by atoms with E-state index in [0.29, 0.717) is 4.88 Å². The van der Waals surface area contributed by atoms with Crippen molar-refractivity contribution in [2.45, 2.75) is 24.2 Å². The molecule has 0 atom stereocenters. The Morgan fingerprint density at radius 1 is 1.20 bits per heavy atom. The van der Waals surface area contributed by atoms with E-state index in [1.807, 2.05) is 4.83 Å². The molecule has 2 aromatic rings. The normalized spacial score (nSPS) is 13.3. The number of rotatable bonds is 5. The molecule has 0 unspecified atom stereocenters. The molecule has 1 aliphatic rings. The number of hydrazine groups is 1. The second-order valence-electron chi connectivity index (χ2n) is 5.49. The first-order chi connectivity index (χ1) is 11.9. The number of esters is 1. The largest absolute Gasteiger partial charge is 0.465 e. The minimum atomic E-state index is -4.01. The summed E-state index contributed by atoms with van der Waals surface area (Å²) in [5, 5.41) is 0. The molecule has 1 heterocycles. The zero-order valence-electron chi connectivity index (χ0n) is 13.4. The Morgan fingerprint density at radius 2 is 2.00 bits per heavy atom. The summed E-state index contributed by atoms with van der Waals surface area (Å²) in [5.41, 5.74) is 3.47. The first kappa shape index (κ1) is 17.6. The van der Waals surface area contributed by atoms with E-state index in [0.717, 1.165) is 24.8 Å². The van der Waals surface area contributed by atoms with Crippen molar-refractivity contribution in [3.05, 3.63) is 51.2 Å². The van der Waals surface area contributed by atoms with Crippen molar-refractivity contribution in [2.24, 2.45) is 0 Å². The van der Waals surface area contributed by atoms with E-state index in [1.165, 1.54) is 47.6 Å². The molecule has 9 heteroatoms. The summed E-state index contributed by atoms with van der Waals surface area (Å²) in [5.74, 6) is -1.15. The van der Waals surface area contributed by atoms with Crippen LogP contribution < -0.4 is 10.3 Å². The quantitative estimate of drug-likeness (QED) is 0.607. The first-order valence-corrected chi connectivity index (χ1v) is 9.83. The molecule has 0 aliphatic heterocycles. The van der Waals surface area contributed by atoms with E-state index < -0.39 is 21.9 Å². The van der Waals surface area contributed by atoms with Gasteiger partial charge in [0.1, 0.15) is 0 Å². The number of sulfonamides is 1. The average Bonchev–Trinajstić information content (AvgIpc) is 3.21. The van der Waals surface area contributed by atoms with E-state index in [-0.39, 0.29) is 10.5 Å². The van der Waals surface area contributed by atoms with Gasteiger partial charge in [0.05, 0.1) is 22.4 Å². The van der Waals surface area contributed by atoms with E-state index in [1.54, 1.807) is 6.07 Å². The fourth-order valence-electron chi connectivity index (χ4n) is 2.58. The Kier molecular flexibility index (Phi) is 4.89. The SMILES string of the molecule is COC(=O)c1cccc(S(=O)(=O)NNC(=O)c2cc3c(s2)CCC3)c1. The third kappa shape index (κ3) is 3.73. The Bertz CT molecular complexity index is 912. The van der Waals surface area contributed by atoms with Crippen molar-refractivity contribution in [3.8, 4) is 0 Å². The molecule has 1 aromatic heterocycles. The smallest absolute Gasteiger partial charge is 0.337 e. The summed E-state index contributed by atoms with van der Waals surface area (Å²) in [6, 6.07) is 7.16. The predicted molar refractivity (Wildman–Crippen MR) is 91.9 cm³/mol. The lowest BCUT2D eigenvalue weighted by atomic mass is 10.2. The number of thiophene rings is 1. The number of carbonyl (C=O) groups excluding carboxylic acids is 2. The first-order valence-electron chi connectivity index (χ1n) is 7.53. The van der Waals surface area contributed by atoms with Gasteiger partial charge in [-0.1, -0.05) is 6.07 Å². The van der Waals surface area contributed by atoms with Crippen molar-refractivity contribution < 1.29 is 22.7 Å². The minimum absolute atomic E-state index is 0.103. The summed E-state index contributed by atoms with van der Waals surface area (Å²) in [6.45, 7) is 0. The van der Waals surface area contributed by atoms with Crippen molar-refractivity contribution in [1.82, 2.24) is 10.3 Å². The number of hydrogen-bond donors (Lipinski definition) is 2. The molecular weight excluding hydrogens is 364 g/mol. The van der Waals surface area contributed by atoms with Crippen molar-refractivity contribution in [2.75, 3.05) is 7.11 Å². The molecule has 0 spiro atoms. The van der Waals surface area contributed by atoms with Crippen molar-refractivity contribution in [3.63, 3.8) is 0 Å². The maximum atomic E-state index is 12.3. The Hall–Kier alpha value is -2.23. The lowest BCUT2D eigenvalue weighted by Crippen LogP contribution is -2.41. The fourth-order valence-corrected chi connectivity index (χ4v) is 4.62. The van der Waals surface area contributed by atoms with Gasteiger partial charge in [-0.15, -0.1) is 16.2 Å². The minimum Gasteiger partial charge on any atom is -0.465 e. The van der Waals surface area contributed by atoms with Crippen LogP contribution in [0.3, 0.4) is 0 Å². The molecular formula is C16H16N2O5S2. The van der Waals surface area contributed by atoms with Crippen LogP contribution in [0.25, 0.3) is 0 Å². The zero-order valence-corrected chi connectivity index (χ0v) is 15.0. The van der Waals surface area contributed by atoms with Crippen LogP contribution in [0.5, 0.6) is 0 Å². The molecule has 25 heavy (non-hydrogen) atoms. The molecule has 1 amide bonds. The van der Waals surface area contributed by atoms with Gasteiger partial charge in [0.15, 0.2) is 0 Å². The molecule has 7 nitrogen and oxygen atoms in total. The topological polar surface area (TPSA) is 102 Å². The van der Waals surface area contributed by atoms with Crippen molar-refractivity contribution in [1.29, 1.82) is 0 Å². The molecule has 1 aromatic carbocycles. The van der Waals surface area contributed by atoms with Gasteiger partial charge in [-0.2, -0.15) is 0 Å². The highest BCUT2D eigenvalue weighted by Crippen LogP contribution is 2.30. The van der Waals surface area contributed by atoms with Crippen LogP contribution in [-0.2, 0) is 27.6 Å². The number of benzene rings is 1. The maximum absolute atomic E-state index is 12.3. The monoisotopic (exact) mass is 380 g/mol. The molecule has 0 saturated heterocycles. The lowest BCUT2D eigenvalue weighted by molar-refractivity contribution is 0.0600. The lowest BCUT2D eigenvalue weighted by Gasteiger charge is -2.08. The summed E-state index contributed by atoms with van der Waals surface area (Å²) in [4.78, 5) is 27.2. The number of carbonyl (C=O) groups is 2. The van der Waals surface area contributed by atoms with Gasteiger partial charge in [0.25, 0.3) is 15.9 Å². The summed E-state index contributed by atoms with van der Waals surface area (Å²) in [7, 11) is -2.80. The standard InChI is InChI=1S/C16H16N2O5S2/c1-23-16(20)11-5-2-6-12(8-11)25(21,22)18-17-15(19)14-9-10-4-3-7-13(10)24-14/h2,5-6,8-9,18H,3-4,7H2,1H3,(H,17,19). The second kappa shape index (κ2) is 6.95. The molecule has 1 aliphatic carbocycles. The number of amides is 1. The second-order valence-corrected chi connectivity index (χ2v) is 8.31. The van der Waals surface area contributed by atoms with Gasteiger partial charge < -0.3 is 4.74 Å². The number of nitrogens with one attached hydrogen (secondary N) is 2. The summed E-state index contributed by atoms with van der Waals surface area (Å²) < 4.78 is 29.2. The zero-order chi connectivity index (χ0) is 18.0. The molecule has 0 radical (unpaired) electrons. The average molecular weight is 380 g/mol. The third-order valence-electron chi connectivity index (χ3n) is 3.83. The highest BCUT2D eigenvalue weighted by molar-refractivity contribution is 7.89. The molecule has 3 rings (SSSR count). The summed E-state index contributed by atoms with van der Waals surface area (Å²) in [6.07, 6.45) is 3.00. The molecule has 0 bridgehead atoms. The molecule has 0 saturated carbocycles. The molecule has 132 valence electrons. The van der Waals surface area contributed by atoms with E-state index in [4.69, 9.17) is 0 Å². The highest BCUT2D eigenvalue weighted by Gasteiger charge is 2.21. The van der Waals surface area contributed by atoms with Crippen LogP contribution in [0, 0.1) is 0 Å². The number of hydrogen-bond acceptors (Lipinski definition) is 6. The number of fused-ring (bicyclic) bond motifs is 1. The van der Waals surface area contributed by atoms with Gasteiger partial charge >= 0.3 is 5.97 Å². The van der Waals surface area contributed by atoms with Crippen LogP contribution >= 0.6 is 11.3 Å². The van der Waals surface area contributed by atoms with Crippen LogP contribution in [0.4, 0.5) is 0 Å². The predicted octanol–water partition coefficient (Wildman–Crippen LogP) is 1.65. The summed E-state index contributed by atoms with van der Waals surface area (Å²) >= 11 is 1.38.